The highest BCUT2D eigenvalue weighted by Crippen LogP contribution is 2.29. The summed E-state index contributed by atoms with van der Waals surface area (Å²) in [6, 6.07) is 11.5. The number of benzene rings is 1. The maximum absolute atomic E-state index is 12.3. The molecule has 5 rings (SSSR count). The molecule has 0 saturated carbocycles. The van der Waals surface area contributed by atoms with Gasteiger partial charge in [0.25, 0.3) is 0 Å². The highest BCUT2D eigenvalue weighted by molar-refractivity contribution is 5.93. The minimum atomic E-state index is -0.0771. The summed E-state index contributed by atoms with van der Waals surface area (Å²) in [4.78, 5) is 21.1. The molecule has 9 nitrogen and oxygen atoms in total. The summed E-state index contributed by atoms with van der Waals surface area (Å²) in [5.41, 5.74) is 1.58. The molecule has 9 heteroatoms. The number of fused-ring (bicyclic) bond motifs is 3. The van der Waals surface area contributed by atoms with E-state index in [0.717, 1.165) is 22.5 Å². The fourth-order valence-electron chi connectivity index (χ4n) is 3.72. The van der Waals surface area contributed by atoms with E-state index >= 15 is 0 Å². The van der Waals surface area contributed by atoms with Crippen LogP contribution in [0.5, 0.6) is 0 Å². The third kappa shape index (κ3) is 3.04. The van der Waals surface area contributed by atoms with Gasteiger partial charge in [-0.25, -0.2) is 14.2 Å². The summed E-state index contributed by atoms with van der Waals surface area (Å²) in [6.07, 6.45) is 3.29. The van der Waals surface area contributed by atoms with Gasteiger partial charge in [-0.05, 0) is 24.3 Å². The van der Waals surface area contributed by atoms with Gasteiger partial charge < -0.3 is 19.5 Å². The predicted octanol–water partition coefficient (Wildman–Crippen LogP) is 2.56. The Morgan fingerprint density at radius 3 is 2.73 bits per heavy atom. The van der Waals surface area contributed by atoms with Gasteiger partial charge in [-0.3, -0.25) is 0 Å². The van der Waals surface area contributed by atoms with Crippen LogP contribution in [0, 0.1) is 0 Å². The Kier molecular flexibility index (Phi) is 4.55. The summed E-state index contributed by atoms with van der Waals surface area (Å²) in [6.45, 7) is 6.58. The number of piperazine rings is 1. The number of urea groups is 1. The van der Waals surface area contributed by atoms with E-state index in [0.29, 0.717) is 44.3 Å². The van der Waals surface area contributed by atoms with Crippen LogP contribution >= 0.6 is 0 Å². The molecule has 30 heavy (non-hydrogen) atoms. The van der Waals surface area contributed by atoms with E-state index in [1.165, 1.54) is 0 Å². The third-order valence-corrected chi connectivity index (χ3v) is 5.22. The van der Waals surface area contributed by atoms with Crippen molar-refractivity contribution in [3.63, 3.8) is 0 Å². The standard InChI is InChI=1S/C21H21N7O2/c1-2-9-22-21(29)27-12-10-26(11-13-27)20-23-16-7-4-3-6-15(16)18-24-25-19(28(18)20)17-8-5-14-30-17/h2-8,14H,1,9-13H2,(H,22,29). The molecule has 4 aromatic rings. The number of hydrogen-bond donors (Lipinski definition) is 1. The molecule has 1 aliphatic heterocycles. The van der Waals surface area contributed by atoms with Gasteiger partial charge in [0.05, 0.1) is 11.8 Å². The largest absolute Gasteiger partial charge is 0.461 e. The first-order chi connectivity index (χ1) is 14.8. The maximum atomic E-state index is 12.3. The van der Waals surface area contributed by atoms with Gasteiger partial charge in [0.15, 0.2) is 11.4 Å². The molecular weight excluding hydrogens is 382 g/mol. The lowest BCUT2D eigenvalue weighted by Gasteiger charge is -2.35. The van der Waals surface area contributed by atoms with Crippen molar-refractivity contribution in [2.45, 2.75) is 0 Å². The number of carbonyl (C=O) groups is 1. The smallest absolute Gasteiger partial charge is 0.317 e. The first-order valence-electron chi connectivity index (χ1n) is 9.82. The van der Waals surface area contributed by atoms with E-state index in [4.69, 9.17) is 9.40 Å². The molecule has 1 aromatic carbocycles. The van der Waals surface area contributed by atoms with Gasteiger partial charge in [0.2, 0.25) is 11.8 Å². The molecule has 0 unspecified atom stereocenters. The average Bonchev–Trinajstić information content (AvgIpc) is 3.47. The van der Waals surface area contributed by atoms with Crippen LogP contribution in [0.4, 0.5) is 10.7 Å². The molecule has 4 heterocycles. The van der Waals surface area contributed by atoms with Gasteiger partial charge in [-0.2, -0.15) is 0 Å². The highest BCUT2D eigenvalue weighted by atomic mass is 16.3. The first kappa shape index (κ1) is 18.2. The van der Waals surface area contributed by atoms with Crippen molar-refractivity contribution in [2.75, 3.05) is 37.6 Å². The summed E-state index contributed by atoms with van der Waals surface area (Å²) in [5, 5.41) is 12.6. The van der Waals surface area contributed by atoms with Crippen LogP contribution in [0.25, 0.3) is 28.1 Å². The van der Waals surface area contributed by atoms with Crippen molar-refractivity contribution in [1.29, 1.82) is 0 Å². The second-order valence-electron chi connectivity index (χ2n) is 7.04. The van der Waals surface area contributed by atoms with E-state index in [-0.39, 0.29) is 6.03 Å². The number of rotatable bonds is 4. The molecule has 0 aliphatic carbocycles. The topological polar surface area (TPSA) is 91.8 Å². The molecule has 3 aromatic heterocycles. The zero-order valence-corrected chi connectivity index (χ0v) is 16.4. The lowest BCUT2D eigenvalue weighted by molar-refractivity contribution is 0.195. The summed E-state index contributed by atoms with van der Waals surface area (Å²) < 4.78 is 7.53. The van der Waals surface area contributed by atoms with E-state index in [1.54, 1.807) is 17.2 Å². The van der Waals surface area contributed by atoms with E-state index in [1.807, 2.05) is 40.8 Å². The maximum Gasteiger partial charge on any atom is 0.317 e. The number of nitrogens with zero attached hydrogens (tertiary/aromatic N) is 6. The zero-order valence-electron chi connectivity index (χ0n) is 16.4. The van der Waals surface area contributed by atoms with Gasteiger partial charge in [-0.1, -0.05) is 18.2 Å². The molecule has 0 atom stereocenters. The van der Waals surface area contributed by atoms with Crippen LogP contribution in [0.15, 0.2) is 59.7 Å². The van der Waals surface area contributed by atoms with E-state index in [2.05, 4.69) is 27.0 Å². The van der Waals surface area contributed by atoms with Crippen LogP contribution in [-0.2, 0) is 0 Å². The lowest BCUT2D eigenvalue weighted by atomic mass is 10.2. The Bertz CT molecular complexity index is 1210. The minimum absolute atomic E-state index is 0.0771. The molecule has 0 spiro atoms. The van der Waals surface area contributed by atoms with Gasteiger partial charge in [-0.15, -0.1) is 16.8 Å². The molecule has 0 radical (unpaired) electrons. The quantitative estimate of drug-likeness (QED) is 0.527. The lowest BCUT2D eigenvalue weighted by Crippen LogP contribution is -2.52. The fourth-order valence-corrected chi connectivity index (χ4v) is 3.72. The van der Waals surface area contributed by atoms with Crippen molar-refractivity contribution in [3.8, 4) is 11.6 Å². The van der Waals surface area contributed by atoms with Crippen LogP contribution in [0.2, 0.25) is 0 Å². The third-order valence-electron chi connectivity index (χ3n) is 5.22. The number of aromatic nitrogens is 4. The van der Waals surface area contributed by atoms with Crippen molar-refractivity contribution in [3.05, 3.63) is 55.3 Å². The molecule has 2 amide bonds. The number of nitrogens with one attached hydrogen (secondary N) is 1. The SMILES string of the molecule is C=CCNC(=O)N1CCN(c2nc3ccccc3c3nnc(-c4ccco4)n23)CC1. The van der Waals surface area contributed by atoms with Crippen LogP contribution in [0.1, 0.15) is 0 Å². The van der Waals surface area contributed by atoms with Gasteiger partial charge >= 0.3 is 6.03 Å². The summed E-state index contributed by atoms with van der Waals surface area (Å²) >= 11 is 0. The number of furan rings is 1. The number of amides is 2. The zero-order chi connectivity index (χ0) is 20.5. The highest BCUT2D eigenvalue weighted by Gasteiger charge is 2.26. The van der Waals surface area contributed by atoms with Crippen molar-refractivity contribution >= 4 is 28.5 Å². The van der Waals surface area contributed by atoms with E-state index in [9.17, 15) is 4.79 Å². The van der Waals surface area contributed by atoms with Crippen molar-refractivity contribution in [1.82, 2.24) is 29.8 Å². The molecule has 1 saturated heterocycles. The van der Waals surface area contributed by atoms with Crippen molar-refractivity contribution < 1.29 is 9.21 Å². The predicted molar refractivity (Wildman–Crippen MR) is 113 cm³/mol. The number of anilines is 1. The van der Waals surface area contributed by atoms with Gasteiger partial charge in [0, 0.05) is 38.1 Å². The minimum Gasteiger partial charge on any atom is -0.461 e. The summed E-state index contributed by atoms with van der Waals surface area (Å²) in [7, 11) is 0. The Morgan fingerprint density at radius 2 is 1.97 bits per heavy atom. The fraction of sp³-hybridized carbons (Fsp3) is 0.238. The first-order valence-corrected chi connectivity index (χ1v) is 9.82. The Labute approximate surface area is 172 Å². The molecule has 1 fully saturated rings. The Hall–Kier alpha value is -3.88. The molecule has 0 bridgehead atoms. The van der Waals surface area contributed by atoms with Crippen LogP contribution in [0.3, 0.4) is 0 Å². The Morgan fingerprint density at radius 1 is 1.13 bits per heavy atom. The average molecular weight is 403 g/mol. The monoisotopic (exact) mass is 403 g/mol. The normalized spacial score (nSPS) is 14.4. The number of hydrogen-bond acceptors (Lipinski definition) is 6. The second-order valence-corrected chi connectivity index (χ2v) is 7.04. The number of carbonyl (C=O) groups excluding carboxylic acids is 1. The second kappa shape index (κ2) is 7.51. The Balaban J connectivity index is 1.54. The summed E-state index contributed by atoms with van der Waals surface area (Å²) in [5.74, 6) is 1.98. The number of para-hydroxylation sites is 1. The molecule has 1 N–H and O–H groups in total. The van der Waals surface area contributed by atoms with E-state index < -0.39 is 0 Å². The molecule has 152 valence electrons. The van der Waals surface area contributed by atoms with Gasteiger partial charge in [0.1, 0.15) is 0 Å². The molecular formula is C21H21N7O2. The van der Waals surface area contributed by atoms with Crippen molar-refractivity contribution in [2.24, 2.45) is 0 Å². The van der Waals surface area contributed by atoms with Crippen LogP contribution in [-0.4, -0.2) is 63.2 Å². The van der Waals surface area contributed by atoms with Crippen LogP contribution < -0.4 is 10.2 Å². The molecule has 1 aliphatic rings.